The molecule has 4 nitrogen and oxygen atoms in total. The largest absolute Gasteiger partial charge is 4.00 e. The van der Waals surface area contributed by atoms with Gasteiger partial charge in [-0.1, -0.05) is 0 Å². The van der Waals surface area contributed by atoms with Gasteiger partial charge in [0.15, 0.2) is 0 Å². The molecule has 0 bridgehead atoms. The second-order valence-corrected chi connectivity index (χ2v) is 0. The molecule has 0 aromatic rings. The molecule has 0 aliphatic carbocycles. The van der Waals surface area contributed by atoms with Gasteiger partial charge < -0.3 is 24.6 Å². The molecule has 0 aromatic heterocycles. The molecule has 0 unspecified atom stereocenters. The summed E-state index contributed by atoms with van der Waals surface area (Å²) in [4.78, 5) is 0. The Balaban J connectivity index is 0. The first-order valence-corrected chi connectivity index (χ1v) is 0. The minimum atomic E-state index is 0. The summed E-state index contributed by atoms with van der Waals surface area (Å²) in [6.45, 7) is 0. The zero-order valence-corrected chi connectivity index (χ0v) is 12.6. The molecule has 0 saturated carbocycles. The van der Waals surface area contributed by atoms with Crippen LogP contribution >= 0.6 is 0 Å². The predicted octanol–water partition coefficient (Wildman–Crippen LogP) is 0.00490. The topological polar surface area (TPSA) is 122 Å². The van der Waals surface area contributed by atoms with Crippen molar-refractivity contribution in [2.75, 3.05) is 0 Å². The van der Waals surface area contributed by atoms with Gasteiger partial charge in [0.25, 0.3) is 0 Å². The third-order valence-corrected chi connectivity index (χ3v) is 0. The Labute approximate surface area is 115 Å². The van der Waals surface area contributed by atoms with E-state index in [4.69, 9.17) is 0 Å². The first-order chi connectivity index (χ1) is 0. The minimum Gasteiger partial charge on any atom is -3.00 e. The summed E-state index contributed by atoms with van der Waals surface area (Å²) >= 11 is 0. The summed E-state index contributed by atoms with van der Waals surface area (Å²) in [5, 5.41) is 0. The van der Waals surface area contributed by atoms with Crippen molar-refractivity contribution in [1.29, 1.82) is 0 Å². The van der Waals surface area contributed by atoms with Gasteiger partial charge >= 0.3 is 58.4 Å². The molecule has 0 rings (SSSR count). The number of nitrogens with zero attached hydrogens (tertiary/aromatic N) is 4. The molecule has 0 N–H and O–H groups in total. The van der Waals surface area contributed by atoms with Gasteiger partial charge in [-0.25, -0.2) is 0 Å². The maximum absolute atomic E-state index is 0. The van der Waals surface area contributed by atoms with Gasteiger partial charge in [-0.15, -0.1) is 0 Å². The number of rotatable bonds is 0. The Morgan fingerprint density at radius 2 is 0.300 bits per heavy atom. The van der Waals surface area contributed by atoms with E-state index in [0.717, 1.165) is 0 Å². The molecule has 0 fully saturated rings. The van der Waals surface area contributed by atoms with E-state index in [1.54, 1.807) is 0 Å². The first kappa shape index (κ1) is 286. The SMILES string of the molecule is [N-3].[N-3].[N-3].[N-3].[Ru+4].[Ru+4].[Ru+4].[Si].[Si].[Si]. The van der Waals surface area contributed by atoms with E-state index in [9.17, 15) is 0 Å². The average Bonchev–Trinajstić information content (AvgIpc) is 0. The summed E-state index contributed by atoms with van der Waals surface area (Å²) < 4.78 is 0. The van der Waals surface area contributed by atoms with Crippen molar-refractivity contribution in [3.63, 3.8) is 0 Å². The zero-order chi connectivity index (χ0) is 0. The number of hydrogen-bond donors (Lipinski definition) is 0. The second kappa shape index (κ2) is 219. The fourth-order valence-corrected chi connectivity index (χ4v) is 0. The summed E-state index contributed by atoms with van der Waals surface area (Å²) in [5.41, 5.74) is 0. The normalized spacial score (nSPS) is 0. The van der Waals surface area contributed by atoms with Crippen molar-refractivity contribution in [3.8, 4) is 0 Å². The molecule has 10 heteroatoms. The van der Waals surface area contributed by atoms with Crippen LogP contribution in [0.5, 0.6) is 0 Å². The van der Waals surface area contributed by atoms with Gasteiger partial charge in [-0.2, -0.15) is 0 Å². The molecule has 0 aromatic carbocycles. The van der Waals surface area contributed by atoms with E-state index >= 15 is 0 Å². The molecule has 10 heavy (non-hydrogen) atoms. The van der Waals surface area contributed by atoms with Crippen LogP contribution in [0.4, 0.5) is 0 Å². The fraction of sp³-hybridized carbons (Fsp3) is 0. The third-order valence-electron chi connectivity index (χ3n) is 0. The number of hydrogen-bond acceptors (Lipinski definition) is 0. The van der Waals surface area contributed by atoms with Crippen molar-refractivity contribution in [3.05, 3.63) is 24.6 Å². The van der Waals surface area contributed by atoms with E-state index in [-0.39, 0.29) is 116 Å². The maximum Gasteiger partial charge on any atom is 4.00 e. The standard InChI is InChI=1S/4N.3Ru.3Si/q4*-3;3*+4;;;. The molecular formula is N4Ru3Si3. The van der Waals surface area contributed by atoms with E-state index in [0.29, 0.717) is 0 Å². The van der Waals surface area contributed by atoms with Crippen molar-refractivity contribution in [2.24, 2.45) is 0 Å². The zero-order valence-electron chi connectivity index (χ0n) is 4.35. The second-order valence-electron chi connectivity index (χ2n) is 0. The van der Waals surface area contributed by atoms with E-state index in [1.807, 2.05) is 0 Å². The molecule has 0 spiro atoms. The first-order valence-electron chi connectivity index (χ1n) is 0. The Morgan fingerprint density at radius 1 is 0.300 bits per heavy atom. The van der Waals surface area contributed by atoms with Gasteiger partial charge in [0.1, 0.15) is 0 Å². The van der Waals surface area contributed by atoms with Crippen LogP contribution in [0.1, 0.15) is 0 Å². The quantitative estimate of drug-likeness (QED) is 0.468. The predicted molar refractivity (Wildman–Crippen MR) is 30.7 cm³/mol. The molecule has 12 radical (unpaired) electrons. The van der Waals surface area contributed by atoms with Crippen LogP contribution in [0.25, 0.3) is 24.6 Å². The van der Waals surface area contributed by atoms with Crippen LogP contribution in [0, 0.1) is 0 Å². The van der Waals surface area contributed by atoms with Gasteiger partial charge in [0, 0.05) is 32.9 Å². The molecule has 0 saturated heterocycles. The van der Waals surface area contributed by atoms with Crippen molar-refractivity contribution in [2.45, 2.75) is 0 Å². The Bertz CT molecular complexity index is 15.7. The van der Waals surface area contributed by atoms with Crippen LogP contribution < -0.4 is 0 Å². The Morgan fingerprint density at radius 3 is 0.300 bits per heavy atom. The summed E-state index contributed by atoms with van der Waals surface area (Å²) in [7, 11) is 0. The average molecular weight is 443 g/mol. The van der Waals surface area contributed by atoms with E-state index < -0.39 is 0 Å². The summed E-state index contributed by atoms with van der Waals surface area (Å²) in [5.74, 6) is 0. The van der Waals surface area contributed by atoms with Gasteiger partial charge in [0.2, 0.25) is 0 Å². The molecule has 56 valence electrons. The maximum atomic E-state index is 0. The molecule has 0 heterocycles. The van der Waals surface area contributed by atoms with Gasteiger partial charge in [-0.05, 0) is 0 Å². The molecular weight excluding hydrogens is 443 g/mol. The smallest absolute Gasteiger partial charge is 3.00 e. The summed E-state index contributed by atoms with van der Waals surface area (Å²) in [6.07, 6.45) is 0. The van der Waals surface area contributed by atoms with Crippen LogP contribution in [0.2, 0.25) is 0 Å². The molecule has 0 aliphatic heterocycles. The molecule has 0 aliphatic rings. The van der Waals surface area contributed by atoms with Crippen molar-refractivity contribution >= 4 is 32.9 Å². The van der Waals surface area contributed by atoms with Crippen LogP contribution in [-0.4, -0.2) is 32.9 Å². The van der Waals surface area contributed by atoms with Crippen molar-refractivity contribution in [1.82, 2.24) is 0 Å². The van der Waals surface area contributed by atoms with Crippen LogP contribution in [-0.2, 0) is 58.4 Å². The van der Waals surface area contributed by atoms with Crippen molar-refractivity contribution < 1.29 is 58.4 Å². The third kappa shape index (κ3) is 163. The monoisotopic (exact) mass is 446 g/mol. The van der Waals surface area contributed by atoms with E-state index in [2.05, 4.69) is 0 Å². The van der Waals surface area contributed by atoms with Gasteiger partial charge in [0.05, 0.1) is 0 Å². The molecule has 0 amide bonds. The van der Waals surface area contributed by atoms with E-state index in [1.165, 1.54) is 0 Å². The van der Waals surface area contributed by atoms with Crippen LogP contribution in [0.3, 0.4) is 0 Å². The Kier molecular flexibility index (Phi) is 6260. The Hall–Kier alpha value is 2.36. The van der Waals surface area contributed by atoms with Gasteiger partial charge in [-0.3, -0.25) is 0 Å². The summed E-state index contributed by atoms with van der Waals surface area (Å²) in [6, 6.07) is 0. The molecule has 0 atom stereocenters. The fourth-order valence-electron chi connectivity index (χ4n) is 0. The van der Waals surface area contributed by atoms with Crippen LogP contribution in [0.15, 0.2) is 0 Å². The minimum absolute atomic E-state index is 0.